The summed E-state index contributed by atoms with van der Waals surface area (Å²) in [6, 6.07) is 0.0334. The monoisotopic (exact) mass is 354 g/mol. The molecule has 2 aliphatic rings. The molecule has 0 spiro atoms. The number of nitrogens with two attached hydrogens (primary N) is 1. The van der Waals surface area contributed by atoms with E-state index in [0.717, 1.165) is 25.9 Å². The van der Waals surface area contributed by atoms with Crippen LogP contribution in [0, 0.1) is 5.92 Å². The highest BCUT2D eigenvalue weighted by Gasteiger charge is 2.32. The number of amides is 3. The molecule has 2 rings (SSSR count). The van der Waals surface area contributed by atoms with Gasteiger partial charge in [-0.2, -0.15) is 0 Å². The molecular weight excluding hydrogens is 330 g/mol. The Kier molecular flexibility index (Phi) is 7.47. The maximum Gasteiger partial charge on any atom is 0.319 e. The van der Waals surface area contributed by atoms with E-state index < -0.39 is 19.0 Å². The van der Waals surface area contributed by atoms with E-state index in [9.17, 15) is 18.4 Å². The number of hydrogen-bond donors (Lipinski definition) is 2. The summed E-state index contributed by atoms with van der Waals surface area (Å²) < 4.78 is 26.0. The number of likely N-dealkylation sites (tertiary alicyclic amines) is 2. The molecule has 2 aliphatic heterocycles. The predicted molar refractivity (Wildman–Crippen MR) is 84.8 cm³/mol. The van der Waals surface area contributed by atoms with Gasteiger partial charge in [0.1, 0.15) is 0 Å². The third kappa shape index (κ3) is 5.46. The molecule has 0 unspecified atom stereocenters. The average molecular weight is 355 g/mol. The summed E-state index contributed by atoms with van der Waals surface area (Å²) in [7, 11) is 0. The topological polar surface area (TPSA) is 78.7 Å². The van der Waals surface area contributed by atoms with Crippen molar-refractivity contribution in [2.75, 3.05) is 39.3 Å². The zero-order chi connectivity index (χ0) is 16.2. The molecule has 0 aromatic rings. The Hall–Kier alpha value is -1.15. The Labute approximate surface area is 141 Å². The van der Waals surface area contributed by atoms with Crippen LogP contribution in [-0.2, 0) is 4.79 Å². The number of nitrogens with zero attached hydrogens (tertiary/aromatic N) is 2. The summed E-state index contributed by atoms with van der Waals surface area (Å²) in [5.74, 6) is -3.75. The van der Waals surface area contributed by atoms with Crippen LogP contribution in [0.3, 0.4) is 0 Å². The molecule has 0 aromatic carbocycles. The van der Waals surface area contributed by atoms with Crippen LogP contribution in [0.1, 0.15) is 25.7 Å². The Balaban J connectivity index is 0.00000264. The van der Waals surface area contributed by atoms with E-state index >= 15 is 0 Å². The largest absolute Gasteiger partial charge is 0.350 e. The lowest BCUT2D eigenvalue weighted by Gasteiger charge is -2.34. The molecule has 0 aliphatic carbocycles. The van der Waals surface area contributed by atoms with E-state index in [2.05, 4.69) is 5.32 Å². The van der Waals surface area contributed by atoms with Gasteiger partial charge in [0, 0.05) is 32.1 Å². The van der Waals surface area contributed by atoms with Crippen LogP contribution in [0.25, 0.3) is 0 Å². The lowest BCUT2D eigenvalue weighted by Crippen LogP contribution is -2.49. The first-order valence-corrected chi connectivity index (χ1v) is 7.82. The Bertz CT molecular complexity index is 412. The first-order valence-electron chi connectivity index (χ1n) is 7.82. The molecule has 2 fully saturated rings. The van der Waals surface area contributed by atoms with Crippen LogP contribution < -0.4 is 11.1 Å². The maximum atomic E-state index is 13.0. The molecule has 2 heterocycles. The van der Waals surface area contributed by atoms with Crippen molar-refractivity contribution in [2.24, 2.45) is 11.7 Å². The summed E-state index contributed by atoms with van der Waals surface area (Å²) in [5.41, 5.74) is 4.93. The quantitative estimate of drug-likeness (QED) is 0.792. The van der Waals surface area contributed by atoms with E-state index in [1.54, 1.807) is 4.90 Å². The van der Waals surface area contributed by atoms with Crippen LogP contribution >= 0.6 is 12.4 Å². The molecule has 134 valence electrons. The van der Waals surface area contributed by atoms with Crippen molar-refractivity contribution < 1.29 is 18.4 Å². The highest BCUT2D eigenvalue weighted by Crippen LogP contribution is 2.20. The van der Waals surface area contributed by atoms with Crippen LogP contribution in [0.4, 0.5) is 13.6 Å². The van der Waals surface area contributed by atoms with Gasteiger partial charge in [-0.1, -0.05) is 0 Å². The highest BCUT2D eigenvalue weighted by molar-refractivity contribution is 5.85. The molecule has 9 heteroatoms. The minimum atomic E-state index is -3.07. The number of nitrogens with one attached hydrogen (secondary N) is 1. The third-order valence-electron chi connectivity index (χ3n) is 4.33. The van der Waals surface area contributed by atoms with Crippen molar-refractivity contribution in [1.82, 2.24) is 15.1 Å². The summed E-state index contributed by atoms with van der Waals surface area (Å²) in [6.07, 6.45) is 3.11. The lowest BCUT2D eigenvalue weighted by atomic mass is 9.96. The van der Waals surface area contributed by atoms with Crippen LogP contribution in [-0.4, -0.2) is 66.9 Å². The zero-order valence-electron chi connectivity index (χ0n) is 13.1. The van der Waals surface area contributed by atoms with Gasteiger partial charge in [0.15, 0.2) is 0 Å². The molecule has 6 nitrogen and oxygen atoms in total. The predicted octanol–water partition coefficient (Wildman–Crippen LogP) is 1.05. The number of halogens is 3. The zero-order valence-corrected chi connectivity index (χ0v) is 13.9. The molecule has 3 amide bonds. The van der Waals surface area contributed by atoms with Gasteiger partial charge in [-0.25, -0.2) is 13.6 Å². The molecule has 0 aromatic heterocycles. The maximum absolute atomic E-state index is 13.0. The van der Waals surface area contributed by atoms with Crippen molar-refractivity contribution in [3.05, 3.63) is 0 Å². The van der Waals surface area contributed by atoms with Gasteiger partial charge in [0.2, 0.25) is 5.91 Å². The van der Waals surface area contributed by atoms with Gasteiger partial charge in [0.05, 0.1) is 13.1 Å². The minimum absolute atomic E-state index is 0. The van der Waals surface area contributed by atoms with Crippen molar-refractivity contribution in [3.63, 3.8) is 0 Å². The summed E-state index contributed by atoms with van der Waals surface area (Å²) in [6.45, 7) is 1.09. The van der Waals surface area contributed by atoms with Crippen LogP contribution in [0.5, 0.6) is 0 Å². The van der Waals surface area contributed by atoms with E-state index in [0.29, 0.717) is 25.9 Å². The Morgan fingerprint density at radius 2 is 1.61 bits per heavy atom. The SMILES string of the molecule is Cl.NCC(F)(F)CNC(=O)C1CCN(C(=O)N2CCCC2)CC1. The fourth-order valence-corrected chi connectivity index (χ4v) is 2.87. The molecule has 2 saturated heterocycles. The van der Waals surface area contributed by atoms with Gasteiger partial charge >= 0.3 is 6.03 Å². The average Bonchev–Trinajstić information content (AvgIpc) is 3.06. The molecule has 0 bridgehead atoms. The molecule has 0 radical (unpaired) electrons. The number of rotatable bonds is 4. The van der Waals surface area contributed by atoms with Crippen molar-refractivity contribution >= 4 is 24.3 Å². The van der Waals surface area contributed by atoms with Crippen LogP contribution in [0.15, 0.2) is 0 Å². The van der Waals surface area contributed by atoms with E-state index in [1.165, 1.54) is 0 Å². The van der Waals surface area contributed by atoms with Gasteiger partial charge in [-0.05, 0) is 25.7 Å². The van der Waals surface area contributed by atoms with Crippen molar-refractivity contribution in [1.29, 1.82) is 0 Å². The fourth-order valence-electron chi connectivity index (χ4n) is 2.87. The van der Waals surface area contributed by atoms with E-state index in [-0.39, 0.29) is 30.3 Å². The first-order chi connectivity index (χ1) is 10.4. The van der Waals surface area contributed by atoms with E-state index in [1.807, 2.05) is 4.90 Å². The number of hydrogen-bond acceptors (Lipinski definition) is 3. The van der Waals surface area contributed by atoms with Gasteiger partial charge in [-0.15, -0.1) is 12.4 Å². The smallest absolute Gasteiger partial charge is 0.319 e. The second-order valence-electron chi connectivity index (χ2n) is 6.02. The van der Waals surface area contributed by atoms with E-state index in [4.69, 9.17) is 5.73 Å². The van der Waals surface area contributed by atoms with Crippen molar-refractivity contribution in [2.45, 2.75) is 31.6 Å². The molecular formula is C14H25ClF2N4O2. The molecule has 0 saturated carbocycles. The summed E-state index contributed by atoms with van der Waals surface area (Å²) >= 11 is 0. The third-order valence-corrected chi connectivity index (χ3v) is 4.33. The molecule has 23 heavy (non-hydrogen) atoms. The summed E-state index contributed by atoms with van der Waals surface area (Å²) in [4.78, 5) is 27.7. The normalized spacial score (nSPS) is 19.4. The number of carbonyl (C=O) groups is 2. The highest BCUT2D eigenvalue weighted by atomic mass is 35.5. The second-order valence-corrected chi connectivity index (χ2v) is 6.02. The standard InChI is InChI=1S/C14H24F2N4O2.ClH/c15-14(16,9-17)10-18-12(21)11-3-7-20(8-4-11)13(22)19-5-1-2-6-19;/h11H,1-10,17H2,(H,18,21);1H. The molecule has 3 N–H and O–H groups in total. The number of carbonyl (C=O) groups excluding carboxylic acids is 2. The lowest BCUT2D eigenvalue weighted by molar-refractivity contribution is -0.128. The van der Waals surface area contributed by atoms with Crippen LogP contribution in [0.2, 0.25) is 0 Å². The Morgan fingerprint density at radius 1 is 1.09 bits per heavy atom. The number of piperidine rings is 1. The number of alkyl halides is 2. The summed E-state index contributed by atoms with van der Waals surface area (Å²) in [5, 5.41) is 2.26. The van der Waals surface area contributed by atoms with Gasteiger partial charge in [0.25, 0.3) is 5.92 Å². The Morgan fingerprint density at radius 3 is 2.13 bits per heavy atom. The van der Waals surface area contributed by atoms with Crippen molar-refractivity contribution in [3.8, 4) is 0 Å². The first kappa shape index (κ1) is 19.9. The van der Waals surface area contributed by atoms with Gasteiger partial charge < -0.3 is 20.9 Å². The second kappa shape index (κ2) is 8.63. The van der Waals surface area contributed by atoms with Gasteiger partial charge in [-0.3, -0.25) is 4.79 Å². The fraction of sp³-hybridized carbons (Fsp3) is 0.857. The number of urea groups is 1. The minimum Gasteiger partial charge on any atom is -0.350 e. The molecule has 0 atom stereocenters.